The van der Waals surface area contributed by atoms with E-state index < -0.39 is 22.0 Å². The summed E-state index contributed by atoms with van der Waals surface area (Å²) in [6.07, 6.45) is 0. The second kappa shape index (κ2) is 8.99. The molecule has 7 nitrogen and oxygen atoms in total. The van der Waals surface area contributed by atoms with Crippen LogP contribution in [-0.4, -0.2) is 32.8 Å². The molecule has 0 saturated carbocycles. The molecule has 8 heteroatoms. The summed E-state index contributed by atoms with van der Waals surface area (Å²) in [6.45, 7) is 6.95. The molecule has 2 rings (SSSR count). The molecule has 0 fully saturated rings. The minimum Gasteiger partial charge on any atom is -0.494 e. The molecule has 0 aliphatic carbocycles. The lowest BCUT2D eigenvalue weighted by molar-refractivity contribution is -0.117. The third kappa shape index (κ3) is 5.40. The summed E-state index contributed by atoms with van der Waals surface area (Å²) >= 11 is 0. The van der Waals surface area contributed by atoms with Crippen molar-refractivity contribution in [1.29, 1.82) is 0 Å². The monoisotopic (exact) mass is 404 g/mol. The quantitative estimate of drug-likeness (QED) is 0.659. The molecule has 0 aliphatic heterocycles. The highest BCUT2D eigenvalue weighted by molar-refractivity contribution is 7.89. The maximum absolute atomic E-state index is 12.6. The summed E-state index contributed by atoms with van der Waals surface area (Å²) in [7, 11) is -3.89. The highest BCUT2D eigenvalue weighted by Gasteiger charge is 2.23. The number of hydrogen-bond donors (Lipinski definition) is 2. The average molecular weight is 404 g/mol. The normalized spacial score (nSPS) is 12.3. The number of rotatable bonds is 8. The van der Waals surface area contributed by atoms with Gasteiger partial charge in [-0.25, -0.2) is 8.42 Å². The van der Waals surface area contributed by atoms with Gasteiger partial charge in [0, 0.05) is 11.3 Å². The Bertz CT molecular complexity index is 986. The zero-order valence-corrected chi connectivity index (χ0v) is 17.1. The number of anilines is 1. The molecule has 150 valence electrons. The molecule has 0 unspecified atom stereocenters. The van der Waals surface area contributed by atoms with Crippen LogP contribution in [-0.2, 0) is 14.8 Å². The van der Waals surface area contributed by atoms with Gasteiger partial charge in [0.15, 0.2) is 5.78 Å². The Balaban J connectivity index is 2.11. The summed E-state index contributed by atoms with van der Waals surface area (Å²) in [6, 6.07) is 9.94. The molecule has 1 atom stereocenters. The smallest absolute Gasteiger partial charge is 0.242 e. The van der Waals surface area contributed by atoms with Crippen molar-refractivity contribution in [2.24, 2.45) is 0 Å². The van der Waals surface area contributed by atoms with E-state index in [0.29, 0.717) is 29.2 Å². The number of benzene rings is 2. The lowest BCUT2D eigenvalue weighted by Crippen LogP contribution is -2.41. The molecular formula is C20H24N2O5S. The Hall–Kier alpha value is -2.71. The molecule has 0 bridgehead atoms. The number of hydrogen-bond acceptors (Lipinski definition) is 5. The van der Waals surface area contributed by atoms with Crippen molar-refractivity contribution < 1.29 is 22.7 Å². The second-order valence-electron chi connectivity index (χ2n) is 6.33. The van der Waals surface area contributed by atoms with Crippen LogP contribution in [0.4, 0.5) is 5.69 Å². The summed E-state index contributed by atoms with van der Waals surface area (Å²) in [4.78, 5) is 23.9. The van der Waals surface area contributed by atoms with Crippen LogP contribution in [0.2, 0.25) is 0 Å². The molecule has 2 aromatic rings. The molecular weight excluding hydrogens is 380 g/mol. The number of carbonyl (C=O) groups excluding carboxylic acids is 2. The first-order chi connectivity index (χ1) is 13.1. The van der Waals surface area contributed by atoms with E-state index in [4.69, 9.17) is 4.74 Å². The lowest BCUT2D eigenvalue weighted by atomic mass is 10.1. The molecule has 2 N–H and O–H groups in total. The van der Waals surface area contributed by atoms with Crippen molar-refractivity contribution in [3.63, 3.8) is 0 Å². The van der Waals surface area contributed by atoms with Gasteiger partial charge in [-0.1, -0.05) is 12.1 Å². The first-order valence-electron chi connectivity index (χ1n) is 8.81. The summed E-state index contributed by atoms with van der Waals surface area (Å²) in [5, 5.41) is 2.61. The van der Waals surface area contributed by atoms with Crippen molar-refractivity contribution in [2.75, 3.05) is 11.9 Å². The van der Waals surface area contributed by atoms with Crippen LogP contribution in [0.1, 0.15) is 36.7 Å². The van der Waals surface area contributed by atoms with Crippen molar-refractivity contribution >= 4 is 27.4 Å². The fraction of sp³-hybridized carbons (Fsp3) is 0.300. The Labute approximate surface area is 165 Å². The summed E-state index contributed by atoms with van der Waals surface area (Å²) in [5.74, 6) is -0.0553. The van der Waals surface area contributed by atoms with Crippen molar-refractivity contribution in [3.8, 4) is 5.75 Å². The molecule has 0 aromatic heterocycles. The van der Waals surface area contributed by atoms with Gasteiger partial charge in [-0.2, -0.15) is 4.72 Å². The fourth-order valence-electron chi connectivity index (χ4n) is 2.53. The topological polar surface area (TPSA) is 102 Å². The third-order valence-corrected chi connectivity index (χ3v) is 5.56. The molecule has 0 heterocycles. The molecule has 1 amide bonds. The van der Waals surface area contributed by atoms with Gasteiger partial charge in [0.2, 0.25) is 15.9 Å². The number of sulfonamides is 1. The molecule has 28 heavy (non-hydrogen) atoms. The zero-order chi connectivity index (χ0) is 20.9. The minimum absolute atomic E-state index is 0.0479. The predicted octanol–water partition coefficient (Wildman–Crippen LogP) is 2.90. The van der Waals surface area contributed by atoms with Gasteiger partial charge in [0.25, 0.3) is 0 Å². The molecule has 0 saturated heterocycles. The van der Waals surface area contributed by atoms with Gasteiger partial charge in [-0.3, -0.25) is 9.59 Å². The predicted molar refractivity (Wildman–Crippen MR) is 107 cm³/mol. The first-order valence-corrected chi connectivity index (χ1v) is 10.3. The zero-order valence-electron chi connectivity index (χ0n) is 16.3. The van der Waals surface area contributed by atoms with E-state index in [2.05, 4.69) is 10.0 Å². The molecule has 0 radical (unpaired) electrons. The standard InChI is InChI=1S/C20H24N2O5S/c1-5-27-19-10-9-18(11-13(19)2)28(25,26)22-14(3)20(24)21-17-8-6-7-16(12-17)15(4)23/h6-12,14,22H,5H2,1-4H3,(H,21,24)/t14-/m0/s1. The largest absolute Gasteiger partial charge is 0.494 e. The Kier molecular flexibility index (Phi) is 6.93. The first kappa shape index (κ1) is 21.6. The third-order valence-electron chi connectivity index (χ3n) is 4.02. The van der Waals surface area contributed by atoms with E-state index >= 15 is 0 Å². The van der Waals surface area contributed by atoms with E-state index in [1.807, 2.05) is 6.92 Å². The summed E-state index contributed by atoms with van der Waals surface area (Å²) in [5.41, 5.74) is 1.56. The van der Waals surface area contributed by atoms with E-state index in [9.17, 15) is 18.0 Å². The Morgan fingerprint density at radius 3 is 2.46 bits per heavy atom. The number of ketones is 1. The van der Waals surface area contributed by atoms with Gasteiger partial charge in [-0.05, 0) is 63.6 Å². The minimum atomic E-state index is -3.89. The second-order valence-corrected chi connectivity index (χ2v) is 8.04. The highest BCUT2D eigenvalue weighted by atomic mass is 32.2. The Morgan fingerprint density at radius 2 is 1.86 bits per heavy atom. The number of nitrogens with one attached hydrogen (secondary N) is 2. The fourth-order valence-corrected chi connectivity index (χ4v) is 3.81. The van der Waals surface area contributed by atoms with E-state index in [1.165, 1.54) is 32.0 Å². The van der Waals surface area contributed by atoms with E-state index in [0.717, 1.165) is 0 Å². The summed E-state index contributed by atoms with van der Waals surface area (Å²) < 4.78 is 32.9. The maximum Gasteiger partial charge on any atom is 0.242 e. The Morgan fingerprint density at radius 1 is 1.14 bits per heavy atom. The van der Waals surface area contributed by atoms with Crippen LogP contribution < -0.4 is 14.8 Å². The van der Waals surface area contributed by atoms with Gasteiger partial charge in [0.1, 0.15) is 5.75 Å². The maximum atomic E-state index is 12.6. The number of Topliss-reactive ketones (excluding diaryl/α,β-unsaturated/α-hetero) is 1. The van der Waals surface area contributed by atoms with Gasteiger partial charge < -0.3 is 10.1 Å². The number of ether oxygens (including phenoxy) is 1. The van der Waals surface area contributed by atoms with Crippen molar-refractivity contribution in [1.82, 2.24) is 4.72 Å². The lowest BCUT2D eigenvalue weighted by Gasteiger charge is -2.16. The average Bonchev–Trinajstić information content (AvgIpc) is 2.63. The highest BCUT2D eigenvalue weighted by Crippen LogP contribution is 2.22. The number of amides is 1. The molecule has 2 aromatic carbocycles. The SMILES string of the molecule is CCOc1ccc(S(=O)(=O)N[C@@H](C)C(=O)Nc2cccc(C(C)=O)c2)cc1C. The van der Waals surface area contributed by atoms with Crippen LogP contribution in [0.15, 0.2) is 47.4 Å². The van der Waals surface area contributed by atoms with Crippen LogP contribution in [0.25, 0.3) is 0 Å². The van der Waals surface area contributed by atoms with Gasteiger partial charge >= 0.3 is 0 Å². The molecule has 0 aliphatic rings. The van der Waals surface area contributed by atoms with Crippen molar-refractivity contribution in [2.45, 2.75) is 38.6 Å². The number of aryl methyl sites for hydroxylation is 1. The van der Waals surface area contributed by atoms with Gasteiger partial charge in [0.05, 0.1) is 17.5 Å². The molecule has 0 spiro atoms. The van der Waals surface area contributed by atoms with Crippen LogP contribution in [0.5, 0.6) is 5.75 Å². The van der Waals surface area contributed by atoms with E-state index in [1.54, 1.807) is 31.2 Å². The van der Waals surface area contributed by atoms with Crippen LogP contribution in [0.3, 0.4) is 0 Å². The van der Waals surface area contributed by atoms with Crippen LogP contribution in [0, 0.1) is 6.92 Å². The van der Waals surface area contributed by atoms with Gasteiger partial charge in [-0.15, -0.1) is 0 Å². The number of carbonyl (C=O) groups is 2. The van der Waals surface area contributed by atoms with Crippen LogP contribution >= 0.6 is 0 Å². The van der Waals surface area contributed by atoms with E-state index in [-0.39, 0.29) is 10.7 Å². The van der Waals surface area contributed by atoms with Crippen molar-refractivity contribution in [3.05, 3.63) is 53.6 Å².